The Hall–Kier alpha value is -0.610. The van der Waals surface area contributed by atoms with E-state index in [2.05, 4.69) is 17.3 Å². The highest BCUT2D eigenvalue weighted by Crippen LogP contribution is 2.11. The van der Waals surface area contributed by atoms with E-state index in [-0.39, 0.29) is 5.92 Å². The summed E-state index contributed by atoms with van der Waals surface area (Å²) >= 11 is 0. The Balaban J connectivity index is 2.46. The maximum absolute atomic E-state index is 11.0. The van der Waals surface area contributed by atoms with Gasteiger partial charge in [-0.15, -0.1) is 0 Å². The van der Waals surface area contributed by atoms with E-state index in [9.17, 15) is 4.79 Å². The zero-order valence-electron chi connectivity index (χ0n) is 9.86. The fourth-order valence-electron chi connectivity index (χ4n) is 2.11. The van der Waals surface area contributed by atoms with Crippen LogP contribution in [0.1, 0.15) is 26.7 Å². The highest BCUT2D eigenvalue weighted by molar-refractivity contribution is 5.73. The molecule has 4 nitrogen and oxygen atoms in total. The molecule has 1 saturated heterocycles. The predicted octanol–water partition coefficient (Wildman–Crippen LogP) is 0.779. The van der Waals surface area contributed by atoms with Crippen molar-refractivity contribution in [2.45, 2.75) is 38.8 Å². The predicted molar refractivity (Wildman–Crippen MR) is 59.9 cm³/mol. The van der Waals surface area contributed by atoms with Crippen molar-refractivity contribution in [3.05, 3.63) is 0 Å². The molecule has 0 bridgehead atoms. The summed E-state index contributed by atoms with van der Waals surface area (Å²) in [6.07, 6.45) is 2.24. The first-order chi connectivity index (χ1) is 7.00. The molecule has 15 heavy (non-hydrogen) atoms. The first kappa shape index (κ1) is 12.5. The van der Waals surface area contributed by atoms with Crippen LogP contribution in [0.3, 0.4) is 0 Å². The van der Waals surface area contributed by atoms with Gasteiger partial charge in [0.25, 0.3) is 0 Å². The molecule has 0 aliphatic carbocycles. The number of nitrogens with zero attached hydrogens (tertiary/aromatic N) is 1. The molecule has 1 aliphatic rings. The molecule has 2 atom stereocenters. The minimum Gasteiger partial charge on any atom is -0.480 e. The molecule has 2 unspecified atom stereocenters. The minimum atomic E-state index is -0.738. The van der Waals surface area contributed by atoms with Gasteiger partial charge in [-0.2, -0.15) is 0 Å². The van der Waals surface area contributed by atoms with Crippen LogP contribution >= 0.6 is 0 Å². The van der Waals surface area contributed by atoms with E-state index in [0.29, 0.717) is 6.04 Å². The molecular formula is C11H22N2O2. The van der Waals surface area contributed by atoms with Crippen LogP contribution in [0, 0.1) is 5.92 Å². The average molecular weight is 214 g/mol. The van der Waals surface area contributed by atoms with Gasteiger partial charge in [-0.1, -0.05) is 13.8 Å². The van der Waals surface area contributed by atoms with Crippen molar-refractivity contribution < 1.29 is 9.90 Å². The molecule has 1 aliphatic heterocycles. The number of aliphatic carboxylic acids is 1. The Labute approximate surface area is 91.6 Å². The quantitative estimate of drug-likeness (QED) is 0.726. The van der Waals surface area contributed by atoms with E-state index in [1.54, 1.807) is 0 Å². The summed E-state index contributed by atoms with van der Waals surface area (Å²) in [4.78, 5) is 13.3. The van der Waals surface area contributed by atoms with Crippen molar-refractivity contribution >= 4 is 5.97 Å². The lowest BCUT2D eigenvalue weighted by Crippen LogP contribution is -2.52. The van der Waals surface area contributed by atoms with Gasteiger partial charge in [-0.3, -0.25) is 4.79 Å². The van der Waals surface area contributed by atoms with Crippen molar-refractivity contribution in [3.8, 4) is 0 Å². The summed E-state index contributed by atoms with van der Waals surface area (Å²) in [6, 6.07) is -0.0891. The second kappa shape index (κ2) is 5.47. The number of carboxylic acid groups (broad SMARTS) is 1. The number of nitrogens with one attached hydrogen (secondary N) is 1. The van der Waals surface area contributed by atoms with E-state index >= 15 is 0 Å². The summed E-state index contributed by atoms with van der Waals surface area (Å²) < 4.78 is 0. The highest BCUT2D eigenvalue weighted by Gasteiger charge is 2.26. The zero-order chi connectivity index (χ0) is 11.4. The van der Waals surface area contributed by atoms with Gasteiger partial charge in [0.05, 0.1) is 0 Å². The third-order valence-electron chi connectivity index (χ3n) is 2.97. The number of carboxylic acids is 1. The van der Waals surface area contributed by atoms with Gasteiger partial charge < -0.3 is 15.3 Å². The second-order valence-electron chi connectivity index (χ2n) is 4.83. The third-order valence-corrected chi connectivity index (χ3v) is 2.97. The summed E-state index contributed by atoms with van der Waals surface area (Å²) in [7, 11) is 2.08. The number of hydrogen-bond donors (Lipinski definition) is 2. The molecule has 88 valence electrons. The molecule has 2 N–H and O–H groups in total. The summed E-state index contributed by atoms with van der Waals surface area (Å²) in [5, 5.41) is 12.3. The molecule has 0 spiro atoms. The van der Waals surface area contributed by atoms with E-state index in [4.69, 9.17) is 5.11 Å². The molecule has 0 aromatic carbocycles. The zero-order valence-corrected chi connectivity index (χ0v) is 9.86. The molecule has 0 aromatic rings. The molecule has 0 amide bonds. The van der Waals surface area contributed by atoms with Gasteiger partial charge in [-0.05, 0) is 32.4 Å². The molecule has 0 aromatic heterocycles. The SMILES string of the molecule is CC(C)C(NC1CCCN(C)C1)C(=O)O. The van der Waals surface area contributed by atoms with E-state index in [1.807, 2.05) is 13.8 Å². The largest absolute Gasteiger partial charge is 0.480 e. The molecule has 1 rings (SSSR count). The Bertz CT molecular complexity index is 219. The van der Waals surface area contributed by atoms with Crippen molar-refractivity contribution in [1.29, 1.82) is 0 Å². The van der Waals surface area contributed by atoms with Gasteiger partial charge in [0.15, 0.2) is 0 Å². The number of hydrogen-bond acceptors (Lipinski definition) is 3. The van der Waals surface area contributed by atoms with Crippen molar-refractivity contribution in [1.82, 2.24) is 10.2 Å². The maximum Gasteiger partial charge on any atom is 0.320 e. The maximum atomic E-state index is 11.0. The number of carbonyl (C=O) groups is 1. The smallest absolute Gasteiger partial charge is 0.320 e. The monoisotopic (exact) mass is 214 g/mol. The summed E-state index contributed by atoms with van der Waals surface area (Å²) in [5.41, 5.74) is 0. The van der Waals surface area contributed by atoms with Gasteiger partial charge in [0.1, 0.15) is 6.04 Å². The van der Waals surface area contributed by atoms with Crippen molar-refractivity contribution in [3.63, 3.8) is 0 Å². The topological polar surface area (TPSA) is 52.6 Å². The molecule has 0 saturated carbocycles. The molecule has 1 heterocycles. The van der Waals surface area contributed by atoms with Crippen LogP contribution in [-0.4, -0.2) is 48.2 Å². The lowest BCUT2D eigenvalue weighted by atomic mass is 10.00. The fourth-order valence-corrected chi connectivity index (χ4v) is 2.11. The number of likely N-dealkylation sites (tertiary alicyclic amines) is 1. The Kier molecular flexibility index (Phi) is 4.54. The van der Waals surface area contributed by atoms with Crippen LogP contribution in [0.15, 0.2) is 0 Å². The normalized spacial score (nSPS) is 25.5. The number of piperidine rings is 1. The molecular weight excluding hydrogens is 192 g/mol. The first-order valence-electron chi connectivity index (χ1n) is 5.68. The third kappa shape index (κ3) is 3.80. The lowest BCUT2D eigenvalue weighted by Gasteiger charge is -2.33. The van der Waals surface area contributed by atoms with Crippen LogP contribution in [-0.2, 0) is 4.79 Å². The standard InChI is InChI=1S/C11H22N2O2/c1-8(2)10(11(14)15)12-9-5-4-6-13(3)7-9/h8-10,12H,4-7H2,1-3H3,(H,14,15). The first-order valence-corrected chi connectivity index (χ1v) is 5.68. The van der Waals surface area contributed by atoms with E-state index < -0.39 is 12.0 Å². The molecule has 4 heteroatoms. The Morgan fingerprint density at radius 3 is 2.67 bits per heavy atom. The van der Waals surface area contributed by atoms with Gasteiger partial charge in [-0.25, -0.2) is 0 Å². The van der Waals surface area contributed by atoms with Crippen LogP contribution < -0.4 is 5.32 Å². The summed E-state index contributed by atoms with van der Waals surface area (Å²) in [5.74, 6) is -0.604. The van der Waals surface area contributed by atoms with Crippen LogP contribution in [0.25, 0.3) is 0 Å². The van der Waals surface area contributed by atoms with E-state index in [1.165, 1.54) is 0 Å². The van der Waals surface area contributed by atoms with Gasteiger partial charge in [0, 0.05) is 12.6 Å². The average Bonchev–Trinajstić information content (AvgIpc) is 2.13. The molecule has 0 radical (unpaired) electrons. The Morgan fingerprint density at radius 2 is 2.20 bits per heavy atom. The van der Waals surface area contributed by atoms with Crippen molar-refractivity contribution in [2.24, 2.45) is 5.92 Å². The number of rotatable bonds is 4. The minimum absolute atomic E-state index is 0.134. The van der Waals surface area contributed by atoms with Crippen LogP contribution in [0.5, 0.6) is 0 Å². The van der Waals surface area contributed by atoms with Crippen molar-refractivity contribution in [2.75, 3.05) is 20.1 Å². The molecule has 1 fully saturated rings. The van der Waals surface area contributed by atoms with Crippen LogP contribution in [0.2, 0.25) is 0 Å². The lowest BCUT2D eigenvalue weighted by molar-refractivity contribution is -0.141. The van der Waals surface area contributed by atoms with Gasteiger partial charge >= 0.3 is 5.97 Å². The summed E-state index contributed by atoms with van der Waals surface area (Å²) in [6.45, 7) is 5.96. The van der Waals surface area contributed by atoms with Gasteiger partial charge in [0.2, 0.25) is 0 Å². The highest BCUT2D eigenvalue weighted by atomic mass is 16.4. The van der Waals surface area contributed by atoms with E-state index in [0.717, 1.165) is 25.9 Å². The fraction of sp³-hybridized carbons (Fsp3) is 0.909. The second-order valence-corrected chi connectivity index (χ2v) is 4.83. The van der Waals surface area contributed by atoms with Crippen LogP contribution in [0.4, 0.5) is 0 Å². The Morgan fingerprint density at radius 1 is 1.53 bits per heavy atom. The number of likely N-dealkylation sites (N-methyl/N-ethyl adjacent to an activating group) is 1.